The molecule has 6 nitrogen and oxygen atoms in total. The molecule has 1 N–H and O–H groups in total. The molecule has 0 aliphatic carbocycles. The van der Waals surface area contributed by atoms with Crippen LogP contribution in [-0.2, 0) is 17.8 Å². The summed E-state index contributed by atoms with van der Waals surface area (Å²) in [7, 11) is 3.23. The van der Waals surface area contributed by atoms with Crippen LogP contribution in [0, 0.1) is 6.92 Å². The molecule has 0 aromatic heterocycles. The number of carbonyl (C=O) groups excluding carboxylic acids is 2. The molecule has 41 heavy (non-hydrogen) atoms. The van der Waals surface area contributed by atoms with Crippen molar-refractivity contribution >= 4 is 35.3 Å². The van der Waals surface area contributed by atoms with Gasteiger partial charge >= 0.3 is 0 Å². The van der Waals surface area contributed by atoms with Gasteiger partial charge < -0.3 is 19.7 Å². The number of methoxy groups -OCH3 is 2. The second-order valence-electron chi connectivity index (χ2n) is 9.76. The molecule has 0 radical (unpaired) electrons. The summed E-state index contributed by atoms with van der Waals surface area (Å²) < 4.78 is 10.7. The maximum atomic E-state index is 13.6. The van der Waals surface area contributed by atoms with Crippen molar-refractivity contribution < 1.29 is 19.1 Å². The first-order chi connectivity index (χ1) is 19.9. The highest BCUT2D eigenvalue weighted by atomic mass is 32.2. The highest BCUT2D eigenvalue weighted by Crippen LogP contribution is 2.42. The molecule has 1 aliphatic rings. The van der Waals surface area contributed by atoms with Gasteiger partial charge in [-0.05, 0) is 66.4 Å². The molecule has 0 saturated carbocycles. The van der Waals surface area contributed by atoms with Crippen LogP contribution in [0.25, 0.3) is 6.08 Å². The zero-order chi connectivity index (χ0) is 28.8. The van der Waals surface area contributed by atoms with Gasteiger partial charge in [0.2, 0.25) is 0 Å². The molecule has 0 spiro atoms. The topological polar surface area (TPSA) is 67.9 Å². The molecule has 4 aromatic rings. The van der Waals surface area contributed by atoms with Gasteiger partial charge in [-0.3, -0.25) is 9.59 Å². The van der Waals surface area contributed by atoms with Gasteiger partial charge in [-0.2, -0.15) is 0 Å². The van der Waals surface area contributed by atoms with Gasteiger partial charge in [-0.25, -0.2) is 0 Å². The number of amides is 2. The van der Waals surface area contributed by atoms with Gasteiger partial charge in [0, 0.05) is 23.1 Å². The van der Waals surface area contributed by atoms with Crippen LogP contribution >= 0.6 is 11.8 Å². The van der Waals surface area contributed by atoms with Crippen LogP contribution in [-0.4, -0.2) is 32.6 Å². The van der Waals surface area contributed by atoms with Crippen LogP contribution < -0.4 is 19.7 Å². The Morgan fingerprint density at radius 1 is 0.927 bits per heavy atom. The monoisotopic (exact) mass is 564 g/mol. The molecule has 208 valence electrons. The van der Waals surface area contributed by atoms with E-state index >= 15 is 0 Å². The third-order valence-electron chi connectivity index (χ3n) is 6.90. The van der Waals surface area contributed by atoms with Crippen LogP contribution in [0.3, 0.4) is 0 Å². The lowest BCUT2D eigenvalue weighted by molar-refractivity contribution is -0.114. The quantitative estimate of drug-likeness (QED) is 0.230. The lowest BCUT2D eigenvalue weighted by atomic mass is 10.1. The van der Waals surface area contributed by atoms with Crippen molar-refractivity contribution in [3.05, 3.63) is 124 Å². The van der Waals surface area contributed by atoms with E-state index in [1.54, 1.807) is 26.4 Å². The number of rotatable bonds is 9. The minimum atomic E-state index is -0.155. The van der Waals surface area contributed by atoms with Crippen molar-refractivity contribution in [2.45, 2.75) is 24.8 Å². The fourth-order valence-corrected chi connectivity index (χ4v) is 5.82. The van der Waals surface area contributed by atoms with E-state index in [2.05, 4.69) is 24.4 Å². The predicted octanol–water partition coefficient (Wildman–Crippen LogP) is 6.66. The first kappa shape index (κ1) is 28.1. The molecule has 4 aromatic carbocycles. The van der Waals surface area contributed by atoms with E-state index < -0.39 is 0 Å². The zero-order valence-corrected chi connectivity index (χ0v) is 24.2. The highest BCUT2D eigenvalue weighted by Gasteiger charge is 2.29. The molecule has 0 saturated heterocycles. The molecular weight excluding hydrogens is 532 g/mol. The van der Waals surface area contributed by atoms with Crippen molar-refractivity contribution in [1.29, 1.82) is 0 Å². The summed E-state index contributed by atoms with van der Waals surface area (Å²) in [6, 6.07) is 29.2. The Bertz CT molecular complexity index is 1600. The van der Waals surface area contributed by atoms with Crippen molar-refractivity contribution in [3.8, 4) is 11.5 Å². The Balaban J connectivity index is 1.27. The Morgan fingerprint density at radius 3 is 2.49 bits per heavy atom. The third-order valence-corrected chi connectivity index (χ3v) is 7.98. The van der Waals surface area contributed by atoms with E-state index in [9.17, 15) is 9.59 Å². The number of fused-ring (bicyclic) bond motifs is 1. The Labute approximate surface area is 245 Å². The standard InChI is InChI=1S/C34H32N2O4S/c1-23-7-6-8-25(19-23)22-36-29-9-4-5-10-31(29)41-32(34(36)38)20-24-11-13-27(14-12-24)33(37)35-18-17-26-15-16-28(39-2)21-30(26)40-3/h4-16,19-21H,17-18,22H2,1-3H3,(H,35,37). The molecule has 0 bridgehead atoms. The first-order valence-electron chi connectivity index (χ1n) is 13.4. The molecule has 7 heteroatoms. The second kappa shape index (κ2) is 12.8. The largest absolute Gasteiger partial charge is 0.497 e. The van der Waals surface area contributed by atoms with Gasteiger partial charge in [0.25, 0.3) is 11.8 Å². The molecule has 0 atom stereocenters. The smallest absolute Gasteiger partial charge is 0.265 e. The number of benzene rings is 4. The van der Waals surface area contributed by atoms with E-state index in [0.29, 0.717) is 30.0 Å². The SMILES string of the molecule is COc1ccc(CCNC(=O)c2ccc(C=C3Sc4ccccc4N(Cc4cccc(C)c4)C3=O)cc2)c(OC)c1. The van der Waals surface area contributed by atoms with Gasteiger partial charge in [-0.1, -0.05) is 71.9 Å². The summed E-state index contributed by atoms with van der Waals surface area (Å²) in [6.07, 6.45) is 2.52. The predicted molar refractivity (Wildman–Crippen MR) is 165 cm³/mol. The summed E-state index contributed by atoms with van der Waals surface area (Å²) in [5, 5.41) is 2.97. The molecular formula is C34H32N2O4S. The Kier molecular flexibility index (Phi) is 8.75. The summed E-state index contributed by atoms with van der Waals surface area (Å²) in [5.74, 6) is 1.26. The van der Waals surface area contributed by atoms with Crippen LogP contribution in [0.1, 0.15) is 32.6 Å². The van der Waals surface area contributed by atoms with Gasteiger partial charge in [-0.15, -0.1) is 0 Å². The highest BCUT2D eigenvalue weighted by molar-refractivity contribution is 8.04. The molecule has 5 rings (SSSR count). The number of anilines is 1. The number of nitrogens with one attached hydrogen (secondary N) is 1. The van der Waals surface area contributed by atoms with Crippen LogP contribution in [0.5, 0.6) is 11.5 Å². The van der Waals surface area contributed by atoms with E-state index in [1.165, 1.54) is 11.8 Å². The number of thioether (sulfide) groups is 1. The number of hydrogen-bond donors (Lipinski definition) is 1. The fraction of sp³-hybridized carbons (Fsp3) is 0.176. The van der Waals surface area contributed by atoms with Crippen molar-refractivity contribution in [2.24, 2.45) is 0 Å². The number of hydrogen-bond acceptors (Lipinski definition) is 5. The minimum Gasteiger partial charge on any atom is -0.497 e. The van der Waals surface area contributed by atoms with Gasteiger partial charge in [0.1, 0.15) is 11.5 Å². The molecule has 0 fully saturated rings. The molecule has 1 heterocycles. The summed E-state index contributed by atoms with van der Waals surface area (Å²) >= 11 is 1.47. The van der Waals surface area contributed by atoms with Crippen molar-refractivity contribution in [3.63, 3.8) is 0 Å². The van der Waals surface area contributed by atoms with E-state index in [4.69, 9.17) is 9.47 Å². The molecule has 2 amide bonds. The summed E-state index contributed by atoms with van der Waals surface area (Å²) in [5.41, 5.74) is 5.57. The molecule has 1 aliphatic heterocycles. The summed E-state index contributed by atoms with van der Waals surface area (Å²) in [6.45, 7) is 3.02. The van der Waals surface area contributed by atoms with E-state index in [1.807, 2.05) is 77.7 Å². The van der Waals surface area contributed by atoms with Crippen molar-refractivity contribution in [2.75, 3.05) is 25.7 Å². The number of aryl methyl sites for hydroxylation is 1. The van der Waals surface area contributed by atoms with Crippen LogP contribution in [0.4, 0.5) is 5.69 Å². The fourth-order valence-electron chi connectivity index (χ4n) is 4.77. The van der Waals surface area contributed by atoms with Crippen LogP contribution in [0.15, 0.2) is 101 Å². The van der Waals surface area contributed by atoms with E-state index in [0.717, 1.165) is 44.3 Å². The van der Waals surface area contributed by atoms with Gasteiger partial charge in [0.15, 0.2) is 0 Å². The normalized spacial score (nSPS) is 13.6. The molecule has 0 unspecified atom stereocenters. The maximum Gasteiger partial charge on any atom is 0.265 e. The Hall–Kier alpha value is -4.49. The average molecular weight is 565 g/mol. The Morgan fingerprint density at radius 2 is 1.73 bits per heavy atom. The number of ether oxygens (including phenoxy) is 2. The second-order valence-corrected chi connectivity index (χ2v) is 10.8. The minimum absolute atomic E-state index is 0.0361. The van der Waals surface area contributed by atoms with Gasteiger partial charge in [0.05, 0.1) is 31.4 Å². The number of nitrogens with zero attached hydrogens (tertiary/aromatic N) is 1. The van der Waals surface area contributed by atoms with Crippen LogP contribution in [0.2, 0.25) is 0 Å². The summed E-state index contributed by atoms with van der Waals surface area (Å²) in [4.78, 5) is 29.9. The average Bonchev–Trinajstić information content (AvgIpc) is 2.99. The lowest BCUT2D eigenvalue weighted by Crippen LogP contribution is -2.33. The first-order valence-corrected chi connectivity index (χ1v) is 14.2. The van der Waals surface area contributed by atoms with Crippen molar-refractivity contribution in [1.82, 2.24) is 5.32 Å². The van der Waals surface area contributed by atoms with E-state index in [-0.39, 0.29) is 11.8 Å². The maximum absolute atomic E-state index is 13.6. The lowest BCUT2D eigenvalue weighted by Gasteiger charge is -2.30. The zero-order valence-electron chi connectivity index (χ0n) is 23.3. The number of carbonyl (C=O) groups is 2. The third kappa shape index (κ3) is 6.64. The number of para-hydroxylation sites is 1.